The van der Waals surface area contributed by atoms with Crippen molar-refractivity contribution in [2.24, 2.45) is 17.1 Å². The number of fused-ring (bicyclic) bond motifs is 1. The lowest BCUT2D eigenvalue weighted by Crippen LogP contribution is -2.35. The summed E-state index contributed by atoms with van der Waals surface area (Å²) < 4.78 is 0. The lowest BCUT2D eigenvalue weighted by Gasteiger charge is -2.40. The summed E-state index contributed by atoms with van der Waals surface area (Å²) in [6.07, 6.45) is 11.1. The van der Waals surface area contributed by atoms with Crippen molar-refractivity contribution in [3.8, 4) is 0 Å². The minimum Gasteiger partial charge on any atom is -0.323 e. The van der Waals surface area contributed by atoms with Gasteiger partial charge in [-0.3, -0.25) is 0 Å². The molecule has 2 nitrogen and oxygen atoms in total. The number of pyridine rings is 1. The third-order valence-electron chi connectivity index (χ3n) is 6.97. The Labute approximate surface area is 161 Å². The first kappa shape index (κ1) is 16.8. The Balaban J connectivity index is 1.23. The van der Waals surface area contributed by atoms with E-state index >= 15 is 0 Å². The van der Waals surface area contributed by atoms with E-state index in [1.807, 2.05) is 11.8 Å². The topological polar surface area (TPSA) is 38.9 Å². The monoisotopic (exact) mass is 364 g/mol. The maximum Gasteiger partial charge on any atom is 0.0960 e. The molecule has 1 atom stereocenters. The summed E-state index contributed by atoms with van der Waals surface area (Å²) in [5, 5.41) is 1.20. The van der Waals surface area contributed by atoms with Crippen molar-refractivity contribution in [3.05, 3.63) is 59.3 Å². The first-order valence-corrected chi connectivity index (χ1v) is 11.1. The summed E-state index contributed by atoms with van der Waals surface area (Å²) in [4.78, 5) is 4.73. The first-order chi connectivity index (χ1) is 12.7. The molecule has 0 radical (unpaired) electrons. The molecule has 136 valence electrons. The van der Waals surface area contributed by atoms with Crippen molar-refractivity contribution in [1.29, 1.82) is 0 Å². The summed E-state index contributed by atoms with van der Waals surface area (Å²) in [6.45, 7) is 0. The quantitative estimate of drug-likeness (QED) is 0.730. The van der Waals surface area contributed by atoms with Gasteiger partial charge in [0.15, 0.2) is 0 Å². The van der Waals surface area contributed by atoms with Gasteiger partial charge in [0.05, 0.1) is 5.03 Å². The molecular weight excluding hydrogens is 336 g/mol. The number of nitrogens with two attached hydrogens (primary N) is 1. The van der Waals surface area contributed by atoms with E-state index in [1.165, 1.54) is 72.4 Å². The van der Waals surface area contributed by atoms with E-state index in [4.69, 9.17) is 10.7 Å². The minimum absolute atomic E-state index is 0.221. The number of hydrogen-bond donors (Lipinski definition) is 1. The Kier molecular flexibility index (Phi) is 4.33. The highest BCUT2D eigenvalue weighted by Gasteiger charge is 2.46. The fourth-order valence-electron chi connectivity index (χ4n) is 5.04. The van der Waals surface area contributed by atoms with Gasteiger partial charge in [-0.1, -0.05) is 30.3 Å². The zero-order valence-corrected chi connectivity index (χ0v) is 16.2. The molecule has 1 aromatic carbocycles. The molecule has 3 aliphatic carbocycles. The lowest BCUT2D eigenvalue weighted by atomic mass is 9.66. The molecule has 2 N–H and O–H groups in total. The van der Waals surface area contributed by atoms with Crippen LogP contribution in [0.3, 0.4) is 0 Å². The second-order valence-electron chi connectivity index (χ2n) is 8.67. The summed E-state index contributed by atoms with van der Waals surface area (Å²) in [6, 6.07) is 13.6. The molecule has 3 heteroatoms. The highest BCUT2D eigenvalue weighted by atomic mass is 32.2. The first-order valence-electron chi connectivity index (χ1n) is 10.2. The van der Waals surface area contributed by atoms with Crippen molar-refractivity contribution in [3.63, 3.8) is 0 Å². The molecule has 2 fully saturated rings. The van der Waals surface area contributed by atoms with Crippen LogP contribution in [0.5, 0.6) is 0 Å². The Bertz CT molecular complexity index is 773. The van der Waals surface area contributed by atoms with Crippen molar-refractivity contribution in [2.45, 2.75) is 61.9 Å². The number of aromatic nitrogens is 1. The maximum absolute atomic E-state index is 6.71. The molecule has 1 aromatic heterocycles. The van der Waals surface area contributed by atoms with Crippen LogP contribution in [0.25, 0.3) is 0 Å². The summed E-state index contributed by atoms with van der Waals surface area (Å²) >= 11 is 1.93. The number of thioether (sulfide) groups is 1. The molecule has 0 bridgehead atoms. The van der Waals surface area contributed by atoms with Gasteiger partial charge in [0.25, 0.3) is 0 Å². The van der Waals surface area contributed by atoms with E-state index in [1.54, 1.807) is 0 Å². The van der Waals surface area contributed by atoms with Crippen LogP contribution in [0.4, 0.5) is 0 Å². The Morgan fingerprint density at radius 3 is 2.54 bits per heavy atom. The normalized spacial score (nSPS) is 30.5. The molecule has 2 saturated carbocycles. The predicted molar refractivity (Wildman–Crippen MR) is 108 cm³/mol. The second kappa shape index (κ2) is 6.69. The molecule has 1 heterocycles. The second-order valence-corrected chi connectivity index (χ2v) is 9.71. The Hall–Kier alpha value is -1.32. The molecule has 3 aliphatic rings. The highest BCUT2D eigenvalue weighted by Crippen LogP contribution is 2.55. The summed E-state index contributed by atoms with van der Waals surface area (Å²) in [7, 11) is 0. The van der Waals surface area contributed by atoms with Gasteiger partial charge in [-0.25, -0.2) is 4.98 Å². The van der Waals surface area contributed by atoms with Crippen LogP contribution in [0.1, 0.15) is 67.2 Å². The van der Waals surface area contributed by atoms with Crippen LogP contribution in [-0.2, 0) is 6.42 Å². The largest absolute Gasteiger partial charge is 0.323 e. The summed E-state index contributed by atoms with van der Waals surface area (Å²) in [5.74, 6) is 2.86. The zero-order chi connectivity index (χ0) is 17.6. The molecule has 0 saturated heterocycles. The third kappa shape index (κ3) is 3.10. The fourth-order valence-corrected chi connectivity index (χ4v) is 6.07. The molecule has 0 amide bonds. The minimum atomic E-state index is 0.221. The van der Waals surface area contributed by atoms with Gasteiger partial charge < -0.3 is 5.73 Å². The Morgan fingerprint density at radius 2 is 1.85 bits per heavy atom. The van der Waals surface area contributed by atoms with Crippen molar-refractivity contribution in [1.82, 2.24) is 4.98 Å². The van der Waals surface area contributed by atoms with Crippen LogP contribution < -0.4 is 5.73 Å². The van der Waals surface area contributed by atoms with Gasteiger partial charge in [-0.15, -0.1) is 11.8 Å². The average molecular weight is 365 g/mol. The van der Waals surface area contributed by atoms with Gasteiger partial charge in [-0.05, 0) is 85.0 Å². The van der Waals surface area contributed by atoms with E-state index in [0.717, 1.165) is 5.92 Å². The van der Waals surface area contributed by atoms with Gasteiger partial charge in [-0.2, -0.15) is 0 Å². The summed E-state index contributed by atoms with van der Waals surface area (Å²) in [5.41, 5.74) is 11.3. The van der Waals surface area contributed by atoms with Crippen LogP contribution in [0.15, 0.2) is 47.6 Å². The van der Waals surface area contributed by atoms with Gasteiger partial charge >= 0.3 is 0 Å². The van der Waals surface area contributed by atoms with Gasteiger partial charge in [0.2, 0.25) is 0 Å². The number of benzene rings is 1. The van der Waals surface area contributed by atoms with Crippen molar-refractivity contribution < 1.29 is 0 Å². The van der Waals surface area contributed by atoms with E-state index in [9.17, 15) is 0 Å². The van der Waals surface area contributed by atoms with E-state index < -0.39 is 0 Å². The number of nitrogens with zero attached hydrogens (tertiary/aromatic N) is 1. The highest BCUT2D eigenvalue weighted by molar-refractivity contribution is 7.99. The van der Waals surface area contributed by atoms with Gasteiger partial charge in [0.1, 0.15) is 0 Å². The van der Waals surface area contributed by atoms with Crippen LogP contribution in [-0.4, -0.2) is 10.7 Å². The van der Waals surface area contributed by atoms with E-state index in [2.05, 4.69) is 42.6 Å². The molecule has 5 rings (SSSR count). The Morgan fingerprint density at radius 1 is 1.04 bits per heavy atom. The number of hydrogen-bond acceptors (Lipinski definition) is 3. The molecular formula is C23H28N2S. The number of rotatable bonds is 4. The maximum atomic E-state index is 6.71. The zero-order valence-electron chi connectivity index (χ0n) is 15.4. The standard InChI is InChI=1S/C23H28N2S/c24-22-20-4-2-1-3-18(20)13-23(22)11-9-17(10-12-23)19-7-8-21(25-14-19)26-15-16-5-6-16/h1-4,7-8,14,16-17,22H,5-6,9-13,15,24H2/t17-,22-,23+/m1/s1. The molecule has 1 spiro atoms. The van der Waals surface area contributed by atoms with Gasteiger partial charge in [0, 0.05) is 18.0 Å². The molecule has 2 aromatic rings. The van der Waals surface area contributed by atoms with E-state index in [-0.39, 0.29) is 6.04 Å². The molecule has 26 heavy (non-hydrogen) atoms. The SMILES string of the molecule is N[C@@H]1c2ccccc2C[C@]12CC[C@H](c1ccc(SCC3CC3)nc1)CC2. The molecule has 0 unspecified atom stereocenters. The fraction of sp³-hybridized carbons (Fsp3) is 0.522. The van der Waals surface area contributed by atoms with Crippen LogP contribution in [0, 0.1) is 11.3 Å². The third-order valence-corrected chi connectivity index (χ3v) is 8.14. The predicted octanol–water partition coefficient (Wildman–Crippen LogP) is 5.48. The smallest absolute Gasteiger partial charge is 0.0960 e. The van der Waals surface area contributed by atoms with Crippen molar-refractivity contribution >= 4 is 11.8 Å². The van der Waals surface area contributed by atoms with E-state index in [0.29, 0.717) is 11.3 Å². The lowest BCUT2D eigenvalue weighted by molar-refractivity contribution is 0.149. The molecule has 0 aliphatic heterocycles. The van der Waals surface area contributed by atoms with Crippen molar-refractivity contribution in [2.75, 3.05) is 5.75 Å². The van der Waals surface area contributed by atoms with Crippen LogP contribution >= 0.6 is 11.8 Å². The van der Waals surface area contributed by atoms with Crippen LogP contribution in [0.2, 0.25) is 0 Å². The average Bonchev–Trinajstić information content (AvgIpc) is 3.48.